The molecule has 3 aromatic rings. The molecule has 4 rings (SSSR count). The van der Waals surface area contributed by atoms with Crippen molar-refractivity contribution in [1.82, 2.24) is 14.5 Å². The van der Waals surface area contributed by atoms with Crippen LogP contribution in [0, 0.1) is 0 Å². The lowest BCUT2D eigenvalue weighted by Gasteiger charge is -2.22. The SMILES string of the molecule is CCN(CC)S(=O)(=O)c1ccc(-c2nnc(SCC(=O)Nc3ccc(C4CCCCC4)cc3)o2)cc1. The summed E-state index contributed by atoms with van der Waals surface area (Å²) in [5.41, 5.74) is 2.72. The summed E-state index contributed by atoms with van der Waals surface area (Å²) in [6.45, 7) is 4.43. The lowest BCUT2D eigenvalue weighted by Crippen LogP contribution is -2.30. The first-order chi connectivity index (χ1) is 17.4. The first-order valence-corrected chi connectivity index (χ1v) is 14.8. The molecule has 1 N–H and O–H groups in total. The van der Waals surface area contributed by atoms with Crippen molar-refractivity contribution in [2.45, 2.75) is 62.0 Å². The zero-order valence-electron chi connectivity index (χ0n) is 20.6. The second kappa shape index (κ2) is 12.0. The molecule has 8 nitrogen and oxygen atoms in total. The van der Waals surface area contributed by atoms with Crippen LogP contribution in [0.2, 0.25) is 0 Å². The number of nitrogens with one attached hydrogen (secondary N) is 1. The fraction of sp³-hybridized carbons (Fsp3) is 0.423. The van der Waals surface area contributed by atoms with Crippen molar-refractivity contribution in [2.75, 3.05) is 24.2 Å². The Balaban J connectivity index is 1.30. The van der Waals surface area contributed by atoms with E-state index in [-0.39, 0.29) is 27.7 Å². The van der Waals surface area contributed by atoms with Gasteiger partial charge >= 0.3 is 0 Å². The zero-order valence-corrected chi connectivity index (χ0v) is 22.3. The van der Waals surface area contributed by atoms with Crippen LogP contribution >= 0.6 is 11.8 Å². The minimum Gasteiger partial charge on any atom is -0.411 e. The molecule has 10 heteroatoms. The Kier molecular flexibility index (Phi) is 8.81. The van der Waals surface area contributed by atoms with E-state index in [1.165, 1.54) is 54.1 Å². The summed E-state index contributed by atoms with van der Waals surface area (Å²) in [6.07, 6.45) is 6.41. The molecule has 36 heavy (non-hydrogen) atoms. The van der Waals surface area contributed by atoms with Gasteiger partial charge in [-0.1, -0.05) is 57.0 Å². The van der Waals surface area contributed by atoms with E-state index in [1.807, 2.05) is 12.1 Å². The van der Waals surface area contributed by atoms with Gasteiger partial charge in [0.1, 0.15) is 0 Å². The number of carbonyl (C=O) groups excluding carboxylic acids is 1. The van der Waals surface area contributed by atoms with Crippen molar-refractivity contribution in [3.05, 3.63) is 54.1 Å². The van der Waals surface area contributed by atoms with Crippen LogP contribution in [0.15, 0.2) is 63.1 Å². The van der Waals surface area contributed by atoms with Gasteiger partial charge in [0.25, 0.3) is 5.22 Å². The average Bonchev–Trinajstić information content (AvgIpc) is 3.38. The van der Waals surface area contributed by atoms with Gasteiger partial charge in [-0.15, -0.1) is 10.2 Å². The van der Waals surface area contributed by atoms with Gasteiger partial charge in [-0.2, -0.15) is 4.31 Å². The summed E-state index contributed by atoms with van der Waals surface area (Å²) in [7, 11) is -3.53. The Morgan fingerprint density at radius 3 is 2.31 bits per heavy atom. The molecule has 1 saturated carbocycles. The number of amides is 1. The number of hydrogen-bond donors (Lipinski definition) is 1. The lowest BCUT2D eigenvalue weighted by molar-refractivity contribution is -0.113. The third-order valence-electron chi connectivity index (χ3n) is 6.45. The van der Waals surface area contributed by atoms with Crippen LogP contribution in [-0.2, 0) is 14.8 Å². The molecule has 1 aromatic heterocycles. The fourth-order valence-corrected chi connectivity index (χ4v) is 6.49. The standard InChI is InChI=1S/C26H32N4O4S2/c1-3-30(4-2)36(32,33)23-16-12-21(13-17-23)25-28-29-26(34-25)35-18-24(31)27-22-14-10-20(11-15-22)19-8-6-5-7-9-19/h10-17,19H,3-9,18H2,1-2H3,(H,27,31). The number of anilines is 1. The number of benzene rings is 2. The van der Waals surface area contributed by atoms with Gasteiger partial charge in [-0.3, -0.25) is 4.79 Å². The van der Waals surface area contributed by atoms with Gasteiger partial charge in [-0.05, 0) is 60.7 Å². The van der Waals surface area contributed by atoms with E-state index in [1.54, 1.807) is 26.0 Å². The maximum atomic E-state index is 12.6. The Morgan fingerprint density at radius 2 is 1.67 bits per heavy atom. The minimum atomic E-state index is -3.53. The number of thioether (sulfide) groups is 1. The number of nitrogens with zero attached hydrogens (tertiary/aromatic N) is 3. The van der Waals surface area contributed by atoms with E-state index < -0.39 is 10.0 Å². The molecule has 0 atom stereocenters. The maximum absolute atomic E-state index is 12.6. The topological polar surface area (TPSA) is 105 Å². The summed E-state index contributed by atoms with van der Waals surface area (Å²) in [6, 6.07) is 14.5. The molecule has 1 aliphatic carbocycles. The quantitative estimate of drug-likeness (QED) is 0.344. The molecule has 0 unspecified atom stereocenters. The zero-order chi connectivity index (χ0) is 25.5. The fourth-order valence-electron chi connectivity index (χ4n) is 4.47. The maximum Gasteiger partial charge on any atom is 0.277 e. The second-order valence-corrected chi connectivity index (χ2v) is 11.6. The molecule has 0 spiro atoms. The van der Waals surface area contributed by atoms with Crippen molar-refractivity contribution < 1.29 is 17.6 Å². The molecular formula is C26H32N4O4S2. The molecule has 1 aliphatic rings. The van der Waals surface area contributed by atoms with Gasteiger partial charge < -0.3 is 9.73 Å². The van der Waals surface area contributed by atoms with Crippen molar-refractivity contribution in [2.24, 2.45) is 0 Å². The van der Waals surface area contributed by atoms with E-state index in [0.717, 1.165) is 17.4 Å². The van der Waals surface area contributed by atoms with Gasteiger partial charge in [0.05, 0.1) is 10.6 Å². The van der Waals surface area contributed by atoms with E-state index in [4.69, 9.17) is 4.42 Å². The molecule has 2 aromatic carbocycles. The predicted octanol–water partition coefficient (Wildman–Crippen LogP) is 5.55. The Bertz CT molecular complexity index is 1250. The summed E-state index contributed by atoms with van der Waals surface area (Å²) in [5.74, 6) is 0.875. The van der Waals surface area contributed by atoms with Crippen LogP contribution in [0.4, 0.5) is 5.69 Å². The highest BCUT2D eigenvalue weighted by Gasteiger charge is 2.22. The van der Waals surface area contributed by atoms with Crippen LogP contribution in [0.25, 0.3) is 11.5 Å². The molecule has 1 heterocycles. The van der Waals surface area contributed by atoms with E-state index >= 15 is 0 Å². The highest BCUT2D eigenvalue weighted by Crippen LogP contribution is 2.33. The Hall–Kier alpha value is -2.69. The van der Waals surface area contributed by atoms with E-state index in [2.05, 4.69) is 27.6 Å². The van der Waals surface area contributed by atoms with Crippen LogP contribution < -0.4 is 5.32 Å². The van der Waals surface area contributed by atoms with Gasteiger partial charge in [0.15, 0.2) is 0 Å². The number of rotatable bonds is 10. The highest BCUT2D eigenvalue weighted by atomic mass is 32.2. The van der Waals surface area contributed by atoms with Crippen molar-refractivity contribution >= 4 is 33.4 Å². The molecule has 0 radical (unpaired) electrons. The number of hydrogen-bond acceptors (Lipinski definition) is 7. The lowest BCUT2D eigenvalue weighted by atomic mass is 9.84. The largest absolute Gasteiger partial charge is 0.411 e. The molecule has 0 bridgehead atoms. The second-order valence-electron chi connectivity index (χ2n) is 8.78. The molecule has 192 valence electrons. The summed E-state index contributed by atoms with van der Waals surface area (Å²) in [5, 5.41) is 11.2. The van der Waals surface area contributed by atoms with Gasteiger partial charge in [0.2, 0.25) is 21.8 Å². The van der Waals surface area contributed by atoms with Crippen LogP contribution in [0.3, 0.4) is 0 Å². The van der Waals surface area contributed by atoms with Gasteiger partial charge in [-0.25, -0.2) is 8.42 Å². The predicted molar refractivity (Wildman–Crippen MR) is 141 cm³/mol. The van der Waals surface area contributed by atoms with Crippen molar-refractivity contribution in [3.63, 3.8) is 0 Å². The van der Waals surface area contributed by atoms with Crippen LogP contribution in [0.1, 0.15) is 57.4 Å². The first-order valence-electron chi connectivity index (χ1n) is 12.4. The third-order valence-corrected chi connectivity index (χ3v) is 9.33. The number of carbonyl (C=O) groups is 1. The van der Waals surface area contributed by atoms with Crippen molar-refractivity contribution in [1.29, 1.82) is 0 Å². The molecule has 1 fully saturated rings. The summed E-state index contributed by atoms with van der Waals surface area (Å²) >= 11 is 1.15. The van der Waals surface area contributed by atoms with E-state index in [9.17, 15) is 13.2 Å². The first kappa shape index (κ1) is 26.4. The summed E-state index contributed by atoms with van der Waals surface area (Å²) in [4.78, 5) is 12.6. The number of sulfonamides is 1. The molecule has 0 aliphatic heterocycles. The summed E-state index contributed by atoms with van der Waals surface area (Å²) < 4.78 is 32.4. The Labute approximate surface area is 216 Å². The Morgan fingerprint density at radius 1 is 1.00 bits per heavy atom. The monoisotopic (exact) mass is 528 g/mol. The van der Waals surface area contributed by atoms with Crippen molar-refractivity contribution in [3.8, 4) is 11.5 Å². The average molecular weight is 529 g/mol. The minimum absolute atomic E-state index is 0.132. The molecule has 1 amide bonds. The normalized spacial score (nSPS) is 14.8. The smallest absolute Gasteiger partial charge is 0.277 e. The number of aromatic nitrogens is 2. The van der Waals surface area contributed by atoms with Gasteiger partial charge in [0, 0.05) is 24.3 Å². The molecule has 0 saturated heterocycles. The van der Waals surface area contributed by atoms with Crippen LogP contribution in [0.5, 0.6) is 0 Å². The molecular weight excluding hydrogens is 496 g/mol. The van der Waals surface area contributed by atoms with Crippen LogP contribution in [-0.4, -0.2) is 47.7 Å². The van der Waals surface area contributed by atoms with E-state index in [0.29, 0.717) is 24.6 Å². The third kappa shape index (κ3) is 6.35. The highest BCUT2D eigenvalue weighted by molar-refractivity contribution is 7.99.